The second kappa shape index (κ2) is 41.8. The van der Waals surface area contributed by atoms with Crippen LogP contribution in [0.15, 0.2) is 389 Å². The van der Waals surface area contributed by atoms with Gasteiger partial charge in [-0.2, -0.15) is 202 Å². The van der Waals surface area contributed by atoms with Crippen LogP contribution in [0.1, 0.15) is 11.1 Å². The number of anilines is 21. The molecule has 0 fully saturated rings. The van der Waals surface area contributed by atoms with Gasteiger partial charge in [-0.05, 0) is 131 Å². The van der Waals surface area contributed by atoms with Gasteiger partial charge in [0.2, 0.25) is 0 Å². The van der Waals surface area contributed by atoms with Gasteiger partial charge in [0.1, 0.15) is 23.8 Å². The molecule has 3 aromatic heterocycles. The first-order valence-corrected chi connectivity index (χ1v) is 41.1. The average molecular weight is 2200 g/mol. The molecule has 20 heteroatoms. The molecule has 17 nitrogen and oxygen atoms in total. The Balaban J connectivity index is 0.000000118. The standard InChI is InChI=1S/C20H17N3.C19H16N4.3C19H14N2.C12H10N4.3Ir/c1-15-8-6-7-11-17(15)18-12-13-19-20(21-18)22(2)14-23(19)16-9-4-3-5-10-16;1-14-8-6-7-11-16(14)18-20-12-17-19(21-18)23(13-22(17)2)15-9-4-3-5-10-15;3*1-3-9-16(10-4-1)20-15-21(17-11-5-2-6-12-17)19-14-8-7-13-18(19)20;1-15-9-16(10-5-3-2-4-6-10)12-11(15)7-13-8-14-12;;;/h3-9,11-14H,1-2H3;3-9,11-13H,1-2H3;3*1-11,13-15H;2-5,7-9H,1H3;;;/q6*-2;;;. The maximum absolute atomic E-state index is 4.88. The predicted molar refractivity (Wildman–Crippen MR) is 509 cm³/mol. The van der Waals surface area contributed by atoms with Crippen LogP contribution in [0, 0.1) is 90.3 Å². The van der Waals surface area contributed by atoms with E-state index in [1.807, 2.05) is 225 Å². The van der Waals surface area contributed by atoms with Crippen LogP contribution in [-0.4, -0.2) is 46.1 Å². The molecule has 3 radical (unpaired) electrons. The number of pyridine rings is 1. The molecule has 23 rings (SSSR count). The third-order valence-electron chi connectivity index (χ3n) is 21.5. The number of aryl methyl sites for hydroxylation is 2. The number of hydrogen-bond acceptors (Lipinski definition) is 17. The van der Waals surface area contributed by atoms with Crippen molar-refractivity contribution in [1.29, 1.82) is 0 Å². The molecule has 6 aliphatic heterocycles. The molecule has 17 aromatic rings. The average Bonchev–Trinajstić information content (AvgIpc) is 1.64. The molecule has 0 aliphatic carbocycles. The number of fused-ring (bicyclic) bond motifs is 6. The van der Waals surface area contributed by atoms with E-state index in [0.29, 0.717) is 0 Å². The summed E-state index contributed by atoms with van der Waals surface area (Å²) in [7, 11) is 6.00. The van der Waals surface area contributed by atoms with Crippen molar-refractivity contribution >= 4 is 120 Å². The summed E-state index contributed by atoms with van der Waals surface area (Å²) in [5, 5.41) is 0. The van der Waals surface area contributed by atoms with Crippen molar-refractivity contribution in [3.63, 3.8) is 0 Å². The van der Waals surface area contributed by atoms with Crippen molar-refractivity contribution < 1.29 is 60.3 Å². The zero-order valence-electron chi connectivity index (χ0n) is 70.5. The van der Waals surface area contributed by atoms with Crippen molar-refractivity contribution in [2.45, 2.75) is 13.8 Å². The minimum absolute atomic E-state index is 0. The molecule has 0 amide bonds. The van der Waals surface area contributed by atoms with Crippen LogP contribution < -0.4 is 58.8 Å². The first kappa shape index (κ1) is 88.8. The van der Waals surface area contributed by atoms with Crippen LogP contribution in [0.4, 0.5) is 120 Å². The van der Waals surface area contributed by atoms with Gasteiger partial charge in [0.15, 0.2) is 5.82 Å². The summed E-state index contributed by atoms with van der Waals surface area (Å²) in [5.41, 5.74) is 25.3. The first-order chi connectivity index (χ1) is 61.6. The number of aromatic nitrogens is 5. The number of hydrogen-bond donors (Lipinski definition) is 0. The second-order valence-electron chi connectivity index (χ2n) is 29.6. The van der Waals surface area contributed by atoms with Gasteiger partial charge in [-0.15, -0.1) is 54.1 Å². The quantitative estimate of drug-likeness (QED) is 0.115. The van der Waals surface area contributed by atoms with Gasteiger partial charge in [-0.25, -0.2) is 24.9 Å². The van der Waals surface area contributed by atoms with Crippen molar-refractivity contribution in [2.75, 3.05) is 79.9 Å². The Morgan fingerprint density at radius 2 is 0.547 bits per heavy atom. The Hall–Kier alpha value is -14.1. The Bertz CT molecular complexity index is 5920. The van der Waals surface area contributed by atoms with Crippen molar-refractivity contribution in [3.8, 4) is 22.6 Å². The number of rotatable bonds is 11. The van der Waals surface area contributed by atoms with E-state index >= 15 is 0 Å². The van der Waals surface area contributed by atoms with Crippen LogP contribution >= 0.6 is 0 Å². The Labute approximate surface area is 791 Å². The first-order valence-electron chi connectivity index (χ1n) is 41.1. The van der Waals surface area contributed by atoms with Crippen LogP contribution in [0.5, 0.6) is 0 Å². The van der Waals surface area contributed by atoms with E-state index in [9.17, 15) is 0 Å². The van der Waals surface area contributed by atoms with E-state index in [4.69, 9.17) is 9.97 Å². The fraction of sp³-hybridized carbons (Fsp3) is 0.0463. The van der Waals surface area contributed by atoms with Gasteiger partial charge in [0, 0.05) is 123 Å². The molecule has 9 heterocycles. The van der Waals surface area contributed by atoms with Crippen molar-refractivity contribution in [3.05, 3.63) is 476 Å². The van der Waals surface area contributed by atoms with Crippen LogP contribution in [-0.2, 0) is 60.3 Å². The maximum Gasteiger partial charge on any atom is 0.161 e. The fourth-order valence-electron chi connectivity index (χ4n) is 15.3. The Morgan fingerprint density at radius 3 is 0.922 bits per heavy atom. The monoisotopic (exact) mass is 2200 g/mol. The van der Waals surface area contributed by atoms with Crippen LogP contribution in [0.25, 0.3) is 22.6 Å². The minimum Gasteiger partial charge on any atom is -0.501 e. The summed E-state index contributed by atoms with van der Waals surface area (Å²) in [4.78, 5) is 47.9. The van der Waals surface area contributed by atoms with E-state index in [0.717, 1.165) is 103 Å². The van der Waals surface area contributed by atoms with Crippen molar-refractivity contribution in [1.82, 2.24) is 24.9 Å². The summed E-state index contributed by atoms with van der Waals surface area (Å²) in [5.74, 6) is 3.47. The molecule has 641 valence electrons. The van der Waals surface area contributed by atoms with Gasteiger partial charge >= 0.3 is 0 Å². The molecule has 0 bridgehead atoms. The fourth-order valence-corrected chi connectivity index (χ4v) is 15.3. The molecule has 0 N–H and O–H groups in total. The zero-order valence-corrected chi connectivity index (χ0v) is 77.7. The van der Waals surface area contributed by atoms with E-state index < -0.39 is 0 Å². The summed E-state index contributed by atoms with van der Waals surface area (Å²) in [6, 6.07) is 144. The summed E-state index contributed by atoms with van der Waals surface area (Å²) >= 11 is 0. The number of para-hydroxylation sites is 15. The summed E-state index contributed by atoms with van der Waals surface area (Å²) < 4.78 is 0. The van der Waals surface area contributed by atoms with Crippen LogP contribution in [0.2, 0.25) is 0 Å². The number of nitrogens with zero attached hydrogens (tertiary/aromatic N) is 17. The number of benzene rings is 14. The van der Waals surface area contributed by atoms with Gasteiger partial charge in [0.25, 0.3) is 0 Å². The predicted octanol–water partition coefficient (Wildman–Crippen LogP) is 25.2. The summed E-state index contributed by atoms with van der Waals surface area (Å²) in [6.45, 7) is 16.6. The smallest absolute Gasteiger partial charge is 0.161 e. The van der Waals surface area contributed by atoms with Gasteiger partial charge < -0.3 is 58.8 Å². The molecular formula is C108H85Ir3N17-12. The van der Waals surface area contributed by atoms with E-state index in [-0.39, 0.29) is 60.3 Å². The molecule has 0 atom stereocenters. The minimum atomic E-state index is 0. The topological polar surface area (TPSA) is 103 Å². The molecule has 0 saturated heterocycles. The van der Waals surface area contributed by atoms with E-state index in [2.05, 4.69) is 343 Å². The Kier molecular flexibility index (Phi) is 29.0. The Morgan fingerprint density at radius 1 is 0.234 bits per heavy atom. The molecule has 128 heavy (non-hydrogen) atoms. The maximum atomic E-state index is 4.88. The van der Waals surface area contributed by atoms with Gasteiger partial charge in [0.05, 0.1) is 35.1 Å². The molecule has 0 spiro atoms. The zero-order chi connectivity index (χ0) is 84.8. The second-order valence-corrected chi connectivity index (χ2v) is 29.6. The molecule has 6 aliphatic rings. The third kappa shape index (κ3) is 19.5. The van der Waals surface area contributed by atoms with E-state index in [1.165, 1.54) is 50.8 Å². The largest absolute Gasteiger partial charge is 0.501 e. The van der Waals surface area contributed by atoms with E-state index in [1.54, 1.807) is 6.33 Å². The van der Waals surface area contributed by atoms with Gasteiger partial charge in [-0.3, -0.25) is 0 Å². The molecule has 0 saturated carbocycles. The van der Waals surface area contributed by atoms with Crippen molar-refractivity contribution in [2.24, 2.45) is 0 Å². The van der Waals surface area contributed by atoms with Crippen LogP contribution in [0.3, 0.4) is 0 Å². The third-order valence-corrected chi connectivity index (χ3v) is 21.5. The summed E-state index contributed by atoms with van der Waals surface area (Å²) in [6.07, 6.45) is 5.24. The molecular weight excluding hydrogens is 2110 g/mol. The van der Waals surface area contributed by atoms with Gasteiger partial charge in [-0.1, -0.05) is 140 Å². The molecule has 14 aromatic carbocycles. The molecule has 0 unspecified atom stereocenters. The SMILES string of the molecule is CN1[CH-]N(c2[c-]cccc2)c2ncncc21.Cc1ccccc1-c1ccc2c(n1)N(C)[CH-]N2c1[c-]cccc1.Cc1ccccc1-c1ncc2c(n1)N(c1[c-]cccc1)[CH-]N2C.[Ir].[Ir].[Ir].[c-]1ccccc1N1[CH-]N(c2ccccc2)c2ccccc21.[c-]1ccccc1N1[CH-]N(c2ccccc2)c2ccccc21.[c-]1ccccc1N1[CH-]N(c2ccccc2)c2ccccc21. The normalized spacial score (nSPS) is 13.1.